The van der Waals surface area contributed by atoms with E-state index in [0.29, 0.717) is 32.5 Å². The monoisotopic (exact) mass is 560 g/mol. The highest BCUT2D eigenvalue weighted by atomic mass is 35.5. The van der Waals surface area contributed by atoms with E-state index in [1.54, 1.807) is 48.8 Å². The van der Waals surface area contributed by atoms with Crippen LogP contribution in [0.5, 0.6) is 11.5 Å². The van der Waals surface area contributed by atoms with Crippen molar-refractivity contribution in [2.75, 3.05) is 0 Å². The number of phenolic OH excluding ortho intramolecular Hbond substituents is 2. The molecule has 6 rings (SSSR count). The number of nitrogens with zero attached hydrogens (tertiary/aromatic N) is 2. The summed E-state index contributed by atoms with van der Waals surface area (Å²) in [5.41, 5.74) is 4.23. The maximum Gasteiger partial charge on any atom is 0.124 e. The van der Waals surface area contributed by atoms with Gasteiger partial charge in [0, 0.05) is 44.7 Å². The van der Waals surface area contributed by atoms with Gasteiger partial charge in [0.2, 0.25) is 0 Å². The lowest BCUT2D eigenvalue weighted by atomic mass is 9.91. The lowest BCUT2D eigenvalue weighted by Gasteiger charge is -2.16. The van der Waals surface area contributed by atoms with Gasteiger partial charge in [-0.2, -0.15) is 0 Å². The minimum atomic E-state index is 0.0901. The zero-order chi connectivity index (χ0) is 27.6. The third kappa shape index (κ3) is 5.03. The van der Waals surface area contributed by atoms with Crippen molar-refractivity contribution in [3.8, 4) is 22.6 Å². The van der Waals surface area contributed by atoms with Crippen LogP contribution in [-0.4, -0.2) is 22.6 Å². The molecule has 6 aromatic rings. The molecule has 0 atom stereocenters. The van der Waals surface area contributed by atoms with Crippen LogP contribution in [0.4, 0.5) is 11.4 Å². The highest BCUT2D eigenvalue weighted by Crippen LogP contribution is 2.45. The molecule has 6 heteroatoms. The summed E-state index contributed by atoms with van der Waals surface area (Å²) in [5.74, 6) is 0.180. The normalized spacial score (nSPS) is 11.8. The fourth-order valence-electron chi connectivity index (χ4n) is 4.80. The quantitative estimate of drug-likeness (QED) is 0.206. The molecule has 0 aliphatic carbocycles. The zero-order valence-corrected chi connectivity index (χ0v) is 22.6. The Labute approximate surface area is 241 Å². The van der Waals surface area contributed by atoms with E-state index in [0.717, 1.165) is 32.7 Å². The van der Waals surface area contributed by atoms with Crippen molar-refractivity contribution in [2.24, 2.45) is 9.98 Å². The fraction of sp³-hybridized carbons (Fsp3) is 0. The van der Waals surface area contributed by atoms with Gasteiger partial charge in [0.15, 0.2) is 0 Å². The van der Waals surface area contributed by atoms with Crippen molar-refractivity contribution < 1.29 is 10.2 Å². The second-order valence-electron chi connectivity index (χ2n) is 9.28. The minimum absolute atomic E-state index is 0.0901. The first-order chi connectivity index (χ1) is 19.5. The molecule has 0 heterocycles. The van der Waals surface area contributed by atoms with E-state index < -0.39 is 0 Å². The topological polar surface area (TPSA) is 65.2 Å². The summed E-state index contributed by atoms with van der Waals surface area (Å²) < 4.78 is 0. The van der Waals surface area contributed by atoms with Gasteiger partial charge >= 0.3 is 0 Å². The average molecular weight is 561 g/mol. The highest BCUT2D eigenvalue weighted by Gasteiger charge is 2.17. The Kier molecular flexibility index (Phi) is 6.95. The molecular formula is C34H22Cl2N2O2. The van der Waals surface area contributed by atoms with E-state index in [4.69, 9.17) is 33.2 Å². The number of fused-ring (bicyclic) bond motifs is 2. The largest absolute Gasteiger partial charge is 0.507 e. The molecule has 194 valence electrons. The number of halogens is 2. The second kappa shape index (κ2) is 10.9. The third-order valence-corrected chi connectivity index (χ3v) is 7.20. The smallest absolute Gasteiger partial charge is 0.124 e. The van der Waals surface area contributed by atoms with E-state index in [1.807, 2.05) is 48.5 Å². The van der Waals surface area contributed by atoms with Crippen LogP contribution in [0.3, 0.4) is 0 Å². The average Bonchev–Trinajstić information content (AvgIpc) is 2.97. The van der Waals surface area contributed by atoms with E-state index >= 15 is 0 Å². The van der Waals surface area contributed by atoms with Gasteiger partial charge in [0.05, 0.1) is 11.4 Å². The summed E-state index contributed by atoms with van der Waals surface area (Å²) in [6.45, 7) is 0. The first-order valence-electron chi connectivity index (χ1n) is 12.6. The summed E-state index contributed by atoms with van der Waals surface area (Å²) in [7, 11) is 0. The third-order valence-electron chi connectivity index (χ3n) is 6.73. The molecule has 0 aromatic heterocycles. The Morgan fingerprint density at radius 2 is 0.925 bits per heavy atom. The molecule has 0 aliphatic heterocycles. The lowest BCUT2D eigenvalue weighted by molar-refractivity contribution is 0.474. The number of rotatable bonds is 5. The van der Waals surface area contributed by atoms with Crippen LogP contribution in [-0.2, 0) is 0 Å². The molecule has 0 bridgehead atoms. The van der Waals surface area contributed by atoms with Crippen LogP contribution in [0.15, 0.2) is 119 Å². The number of hydrogen-bond donors (Lipinski definition) is 2. The van der Waals surface area contributed by atoms with E-state index in [1.165, 1.54) is 0 Å². The second-order valence-corrected chi connectivity index (χ2v) is 10.2. The molecule has 0 unspecified atom stereocenters. The predicted molar refractivity (Wildman–Crippen MR) is 168 cm³/mol. The molecule has 2 N–H and O–H groups in total. The molecular weight excluding hydrogens is 539 g/mol. The first kappa shape index (κ1) is 25.6. The van der Waals surface area contributed by atoms with Crippen molar-refractivity contribution in [2.45, 2.75) is 0 Å². The van der Waals surface area contributed by atoms with E-state index in [-0.39, 0.29) is 11.5 Å². The van der Waals surface area contributed by atoms with Gasteiger partial charge in [-0.15, -0.1) is 0 Å². The Morgan fingerprint density at radius 3 is 1.38 bits per heavy atom. The SMILES string of the molecule is Oc1ccc(Cl)cc1C=Nc1ccc2ccccc2c1-c1c(N=Cc2cc(Cl)ccc2O)ccc2ccccc12. The maximum atomic E-state index is 10.4. The standard InChI is InChI=1S/C34H22Cl2N2O2/c35-25-11-15-31(39)23(17-25)19-37-29-13-9-21-5-1-3-7-27(21)33(29)34-28-8-4-2-6-22(28)10-14-30(34)38-20-24-18-26(36)12-16-32(24)40/h1-20,39-40H. The molecule has 0 radical (unpaired) electrons. The van der Waals surface area contributed by atoms with Gasteiger partial charge in [-0.25, -0.2) is 0 Å². The lowest BCUT2D eigenvalue weighted by Crippen LogP contribution is -1.89. The van der Waals surface area contributed by atoms with Crippen LogP contribution in [0.1, 0.15) is 11.1 Å². The summed E-state index contributed by atoms with van der Waals surface area (Å²) in [5, 5.41) is 25.9. The van der Waals surface area contributed by atoms with Crippen molar-refractivity contribution in [1.82, 2.24) is 0 Å². The number of aliphatic imine (C=N–C) groups is 2. The molecule has 6 aromatic carbocycles. The summed E-state index contributed by atoms with van der Waals surface area (Å²) >= 11 is 12.4. The van der Waals surface area contributed by atoms with Gasteiger partial charge in [-0.1, -0.05) is 83.9 Å². The Balaban J connectivity index is 1.63. The number of aromatic hydroxyl groups is 2. The molecule has 0 fully saturated rings. The molecule has 40 heavy (non-hydrogen) atoms. The van der Waals surface area contributed by atoms with Crippen molar-refractivity contribution >= 4 is 68.6 Å². The highest BCUT2D eigenvalue weighted by molar-refractivity contribution is 6.31. The summed E-state index contributed by atoms with van der Waals surface area (Å²) in [6.07, 6.45) is 3.24. The summed E-state index contributed by atoms with van der Waals surface area (Å²) in [6, 6.07) is 34.0. The van der Waals surface area contributed by atoms with Gasteiger partial charge in [-0.05, 0) is 70.1 Å². The molecule has 4 nitrogen and oxygen atoms in total. The van der Waals surface area contributed by atoms with Crippen molar-refractivity contribution in [3.63, 3.8) is 0 Å². The molecule has 0 amide bonds. The zero-order valence-electron chi connectivity index (χ0n) is 21.1. The number of benzene rings is 6. The van der Waals surface area contributed by atoms with Crippen LogP contribution in [0.25, 0.3) is 32.7 Å². The van der Waals surface area contributed by atoms with E-state index in [9.17, 15) is 10.2 Å². The van der Waals surface area contributed by atoms with Gasteiger partial charge in [-0.3, -0.25) is 9.98 Å². The van der Waals surface area contributed by atoms with Crippen LogP contribution >= 0.6 is 23.2 Å². The molecule has 0 aliphatic rings. The van der Waals surface area contributed by atoms with Gasteiger partial charge in [0.25, 0.3) is 0 Å². The van der Waals surface area contributed by atoms with Crippen molar-refractivity contribution in [3.05, 3.63) is 130 Å². The van der Waals surface area contributed by atoms with Gasteiger partial charge in [0.1, 0.15) is 11.5 Å². The van der Waals surface area contributed by atoms with Gasteiger partial charge < -0.3 is 10.2 Å². The van der Waals surface area contributed by atoms with Crippen LogP contribution < -0.4 is 0 Å². The van der Waals surface area contributed by atoms with Crippen LogP contribution in [0.2, 0.25) is 10.0 Å². The van der Waals surface area contributed by atoms with E-state index in [2.05, 4.69) is 24.3 Å². The Morgan fingerprint density at radius 1 is 0.500 bits per heavy atom. The molecule has 0 saturated heterocycles. The minimum Gasteiger partial charge on any atom is -0.507 e. The maximum absolute atomic E-state index is 10.4. The Bertz CT molecular complexity index is 1820. The fourth-order valence-corrected chi connectivity index (χ4v) is 5.16. The Hall–Kier alpha value is -4.64. The summed E-state index contributed by atoms with van der Waals surface area (Å²) in [4.78, 5) is 9.69. The predicted octanol–water partition coefficient (Wildman–Crippen LogP) is 9.88. The van der Waals surface area contributed by atoms with Crippen molar-refractivity contribution in [1.29, 1.82) is 0 Å². The molecule has 0 saturated carbocycles. The molecule has 0 spiro atoms. The number of phenols is 2. The number of hydrogen-bond acceptors (Lipinski definition) is 4. The van der Waals surface area contributed by atoms with Crippen LogP contribution in [0, 0.1) is 0 Å². The first-order valence-corrected chi connectivity index (χ1v) is 13.3.